The van der Waals surface area contributed by atoms with Crippen LogP contribution < -0.4 is 0 Å². The van der Waals surface area contributed by atoms with Crippen LogP contribution in [0.3, 0.4) is 0 Å². The first-order valence-electron chi connectivity index (χ1n) is 9.34. The van der Waals surface area contributed by atoms with Crippen molar-refractivity contribution in [3.8, 4) is 11.4 Å². The molecule has 5 nitrogen and oxygen atoms in total. The number of amides is 1. The number of benzene rings is 1. The number of carbonyl (C=O) groups is 1. The zero-order valence-electron chi connectivity index (χ0n) is 15.1. The third-order valence-electron chi connectivity index (χ3n) is 4.87. The van der Waals surface area contributed by atoms with Gasteiger partial charge in [0.05, 0.1) is 0 Å². The van der Waals surface area contributed by atoms with Crippen LogP contribution in [0.25, 0.3) is 11.4 Å². The van der Waals surface area contributed by atoms with E-state index in [0.717, 1.165) is 63.5 Å². The SMILES string of the molecule is CCCCC(=O)N1CCN(CCn2ccnc2-c2ccccc2)CC1. The Morgan fingerprint density at radius 1 is 1.08 bits per heavy atom. The lowest BCUT2D eigenvalue weighted by molar-refractivity contribution is -0.133. The number of unbranched alkanes of at least 4 members (excludes halogenated alkanes) is 1. The highest BCUT2D eigenvalue weighted by atomic mass is 16.2. The molecule has 1 saturated heterocycles. The fourth-order valence-corrected chi connectivity index (χ4v) is 3.29. The largest absolute Gasteiger partial charge is 0.340 e. The molecule has 1 aromatic heterocycles. The second-order valence-electron chi connectivity index (χ2n) is 6.64. The Bertz CT molecular complexity index is 659. The van der Waals surface area contributed by atoms with Gasteiger partial charge in [0.15, 0.2) is 0 Å². The number of hydrogen-bond donors (Lipinski definition) is 0. The van der Waals surface area contributed by atoms with Gasteiger partial charge in [0.2, 0.25) is 5.91 Å². The van der Waals surface area contributed by atoms with Crippen LogP contribution in [0.15, 0.2) is 42.7 Å². The van der Waals surface area contributed by atoms with Gasteiger partial charge in [-0.05, 0) is 6.42 Å². The number of piperazine rings is 1. The van der Waals surface area contributed by atoms with Gasteiger partial charge in [0.25, 0.3) is 0 Å². The smallest absolute Gasteiger partial charge is 0.222 e. The van der Waals surface area contributed by atoms with Crippen LogP contribution in [0.4, 0.5) is 0 Å². The first-order valence-corrected chi connectivity index (χ1v) is 9.34. The lowest BCUT2D eigenvalue weighted by atomic mass is 10.2. The van der Waals surface area contributed by atoms with E-state index in [9.17, 15) is 4.79 Å². The van der Waals surface area contributed by atoms with Crippen molar-refractivity contribution in [2.75, 3.05) is 32.7 Å². The predicted molar refractivity (Wildman–Crippen MR) is 100 cm³/mol. The third kappa shape index (κ3) is 4.69. The van der Waals surface area contributed by atoms with Crippen LogP contribution in [0, 0.1) is 0 Å². The minimum absolute atomic E-state index is 0.322. The van der Waals surface area contributed by atoms with Crippen molar-refractivity contribution >= 4 is 5.91 Å². The molecule has 0 aliphatic carbocycles. The normalized spacial score (nSPS) is 15.5. The maximum absolute atomic E-state index is 12.1. The Morgan fingerprint density at radius 3 is 2.56 bits per heavy atom. The molecule has 0 unspecified atom stereocenters. The molecule has 0 radical (unpaired) electrons. The lowest BCUT2D eigenvalue weighted by Crippen LogP contribution is -2.49. The molecule has 0 atom stereocenters. The van der Waals surface area contributed by atoms with Crippen molar-refractivity contribution < 1.29 is 4.79 Å². The number of imidazole rings is 1. The topological polar surface area (TPSA) is 41.4 Å². The minimum Gasteiger partial charge on any atom is -0.340 e. The summed E-state index contributed by atoms with van der Waals surface area (Å²) in [5, 5.41) is 0. The van der Waals surface area contributed by atoms with Gasteiger partial charge >= 0.3 is 0 Å². The molecule has 25 heavy (non-hydrogen) atoms. The molecule has 2 heterocycles. The van der Waals surface area contributed by atoms with Crippen LogP contribution in [0.1, 0.15) is 26.2 Å². The first kappa shape index (κ1) is 17.7. The van der Waals surface area contributed by atoms with E-state index in [2.05, 4.69) is 33.5 Å². The number of nitrogens with zero attached hydrogens (tertiary/aromatic N) is 4. The lowest BCUT2D eigenvalue weighted by Gasteiger charge is -2.35. The van der Waals surface area contributed by atoms with E-state index < -0.39 is 0 Å². The Balaban J connectivity index is 1.48. The Hall–Kier alpha value is -2.14. The summed E-state index contributed by atoms with van der Waals surface area (Å²) in [6.07, 6.45) is 6.70. The van der Waals surface area contributed by atoms with Crippen molar-refractivity contribution in [2.24, 2.45) is 0 Å². The fraction of sp³-hybridized carbons (Fsp3) is 0.500. The molecule has 1 fully saturated rings. The van der Waals surface area contributed by atoms with Gasteiger partial charge in [-0.2, -0.15) is 0 Å². The zero-order valence-corrected chi connectivity index (χ0v) is 15.1. The molecule has 1 aliphatic rings. The van der Waals surface area contributed by atoms with Crippen LogP contribution in [-0.2, 0) is 11.3 Å². The van der Waals surface area contributed by atoms with Crippen molar-refractivity contribution in [3.05, 3.63) is 42.7 Å². The minimum atomic E-state index is 0.322. The highest BCUT2D eigenvalue weighted by Gasteiger charge is 2.20. The molecule has 2 aromatic rings. The Morgan fingerprint density at radius 2 is 1.84 bits per heavy atom. The van der Waals surface area contributed by atoms with Crippen LogP contribution >= 0.6 is 0 Å². The van der Waals surface area contributed by atoms with Gasteiger partial charge in [-0.25, -0.2) is 4.98 Å². The molecule has 5 heteroatoms. The number of carbonyl (C=O) groups excluding carboxylic acids is 1. The van der Waals surface area contributed by atoms with Crippen molar-refractivity contribution in [1.29, 1.82) is 0 Å². The van der Waals surface area contributed by atoms with E-state index in [4.69, 9.17) is 0 Å². The van der Waals surface area contributed by atoms with E-state index in [-0.39, 0.29) is 0 Å². The predicted octanol–water partition coefficient (Wildman–Crippen LogP) is 2.88. The van der Waals surface area contributed by atoms with Crippen molar-refractivity contribution in [2.45, 2.75) is 32.7 Å². The molecular weight excluding hydrogens is 312 g/mol. The van der Waals surface area contributed by atoms with E-state index in [1.807, 2.05) is 35.5 Å². The van der Waals surface area contributed by atoms with E-state index in [1.54, 1.807) is 0 Å². The van der Waals surface area contributed by atoms with E-state index in [1.165, 1.54) is 0 Å². The van der Waals surface area contributed by atoms with Crippen molar-refractivity contribution in [1.82, 2.24) is 19.4 Å². The van der Waals surface area contributed by atoms with Gasteiger partial charge < -0.3 is 9.47 Å². The summed E-state index contributed by atoms with van der Waals surface area (Å²) in [5.41, 5.74) is 1.15. The average molecular weight is 340 g/mol. The average Bonchev–Trinajstić information content (AvgIpc) is 3.14. The summed E-state index contributed by atoms with van der Waals surface area (Å²) in [4.78, 5) is 21.1. The quantitative estimate of drug-likeness (QED) is 0.778. The molecule has 0 spiro atoms. The maximum atomic E-state index is 12.1. The number of aromatic nitrogens is 2. The van der Waals surface area contributed by atoms with Gasteiger partial charge in [-0.3, -0.25) is 9.69 Å². The van der Waals surface area contributed by atoms with Crippen LogP contribution in [0.2, 0.25) is 0 Å². The molecule has 0 saturated carbocycles. The summed E-state index contributed by atoms with van der Waals surface area (Å²) in [6, 6.07) is 10.3. The van der Waals surface area contributed by atoms with E-state index in [0.29, 0.717) is 12.3 Å². The summed E-state index contributed by atoms with van der Waals surface area (Å²) < 4.78 is 2.22. The molecular formula is C20H28N4O. The van der Waals surface area contributed by atoms with E-state index >= 15 is 0 Å². The standard InChI is InChI=1S/C20H28N4O/c1-2-3-9-19(25)23-15-12-22(13-16-23)14-17-24-11-10-21-20(24)18-7-5-4-6-8-18/h4-8,10-11H,2-3,9,12-17H2,1H3. The van der Waals surface area contributed by atoms with Crippen LogP contribution in [-0.4, -0.2) is 58.0 Å². The molecule has 134 valence electrons. The maximum Gasteiger partial charge on any atom is 0.222 e. The highest BCUT2D eigenvalue weighted by Crippen LogP contribution is 2.17. The molecule has 0 bridgehead atoms. The zero-order chi connectivity index (χ0) is 17.5. The first-order chi connectivity index (χ1) is 12.3. The highest BCUT2D eigenvalue weighted by molar-refractivity contribution is 5.76. The van der Waals surface area contributed by atoms with Gasteiger partial charge in [0.1, 0.15) is 5.82 Å². The van der Waals surface area contributed by atoms with Gasteiger partial charge in [-0.1, -0.05) is 43.7 Å². The summed E-state index contributed by atoms with van der Waals surface area (Å²) in [6.45, 7) is 7.70. The molecule has 3 rings (SSSR count). The third-order valence-corrected chi connectivity index (χ3v) is 4.87. The Labute approximate surface area is 150 Å². The van der Waals surface area contributed by atoms with Crippen molar-refractivity contribution in [3.63, 3.8) is 0 Å². The second kappa shape index (κ2) is 8.81. The molecule has 0 N–H and O–H groups in total. The fourth-order valence-electron chi connectivity index (χ4n) is 3.29. The Kier molecular flexibility index (Phi) is 6.23. The molecule has 1 aromatic carbocycles. The molecule has 1 amide bonds. The summed E-state index contributed by atoms with van der Waals surface area (Å²) >= 11 is 0. The van der Waals surface area contributed by atoms with Gasteiger partial charge in [0, 0.05) is 63.6 Å². The van der Waals surface area contributed by atoms with Gasteiger partial charge in [-0.15, -0.1) is 0 Å². The van der Waals surface area contributed by atoms with Crippen LogP contribution in [0.5, 0.6) is 0 Å². The second-order valence-corrected chi connectivity index (χ2v) is 6.64. The number of hydrogen-bond acceptors (Lipinski definition) is 3. The summed E-state index contributed by atoms with van der Waals surface area (Å²) in [7, 11) is 0. The monoisotopic (exact) mass is 340 g/mol. The summed E-state index contributed by atoms with van der Waals surface area (Å²) in [5.74, 6) is 1.34. The molecule has 1 aliphatic heterocycles. The number of rotatable bonds is 7.